The van der Waals surface area contributed by atoms with Crippen molar-refractivity contribution in [2.45, 2.75) is 51.7 Å². The average Bonchev–Trinajstić information content (AvgIpc) is 3.45. The first-order valence-electron chi connectivity index (χ1n) is 12.2. The van der Waals surface area contributed by atoms with E-state index in [9.17, 15) is 41.0 Å². The minimum Gasteiger partial charge on any atom is -0.455 e. The molecular weight excluding hydrogens is 614 g/mol. The van der Waals surface area contributed by atoms with Crippen LogP contribution < -0.4 is 10.4 Å². The monoisotopic (exact) mass is 634 g/mol. The zero-order valence-electron chi connectivity index (χ0n) is 22.1. The maximum absolute atomic E-state index is 13.2. The third-order valence-electron chi connectivity index (χ3n) is 5.75. The van der Waals surface area contributed by atoms with Gasteiger partial charge in [-0.15, -0.1) is 23.4 Å². The summed E-state index contributed by atoms with van der Waals surface area (Å²) in [4.78, 5) is 29.1. The lowest BCUT2D eigenvalue weighted by Crippen LogP contribution is -2.37. The maximum atomic E-state index is 13.2. The number of halogens is 7. The number of hydrogen-bond acceptors (Lipinski definition) is 8. The van der Waals surface area contributed by atoms with Crippen LogP contribution in [0.1, 0.15) is 31.6 Å². The fraction of sp³-hybridized carbons (Fsp3) is 0.320. The summed E-state index contributed by atoms with van der Waals surface area (Å²) in [7, 11) is 0. The molecule has 0 aliphatic carbocycles. The van der Waals surface area contributed by atoms with Crippen LogP contribution in [-0.2, 0) is 22.6 Å². The van der Waals surface area contributed by atoms with Crippen LogP contribution in [0.2, 0.25) is 5.02 Å². The molecule has 4 aromatic rings. The van der Waals surface area contributed by atoms with E-state index in [2.05, 4.69) is 19.9 Å². The molecule has 2 atom stereocenters. The topological polar surface area (TPSA) is 126 Å². The number of carbonyl (C=O) groups excluding carboxylic acids is 1. The van der Waals surface area contributed by atoms with Gasteiger partial charge in [-0.25, -0.2) is 19.1 Å². The molecule has 0 radical (unpaired) electrons. The summed E-state index contributed by atoms with van der Waals surface area (Å²) in [5, 5.41) is 18.3. The van der Waals surface area contributed by atoms with E-state index in [-0.39, 0.29) is 28.7 Å². The predicted octanol–water partition coefficient (Wildman–Crippen LogP) is 4.44. The van der Waals surface area contributed by atoms with Gasteiger partial charge in [0.15, 0.2) is 35.4 Å². The van der Waals surface area contributed by atoms with Gasteiger partial charge < -0.3 is 14.6 Å². The quantitative estimate of drug-likeness (QED) is 0.212. The first-order chi connectivity index (χ1) is 20.0. The predicted molar refractivity (Wildman–Crippen MR) is 136 cm³/mol. The Bertz CT molecular complexity index is 1660. The van der Waals surface area contributed by atoms with Crippen molar-refractivity contribution in [3.8, 4) is 22.8 Å². The number of hydrogen-bond donors (Lipinski definition) is 1. The van der Waals surface area contributed by atoms with E-state index in [1.807, 2.05) is 0 Å². The molecule has 43 heavy (non-hydrogen) atoms. The summed E-state index contributed by atoms with van der Waals surface area (Å²) >= 11 is 5.89. The van der Waals surface area contributed by atoms with Gasteiger partial charge in [0.1, 0.15) is 12.2 Å². The van der Waals surface area contributed by atoms with E-state index >= 15 is 0 Å². The molecule has 1 N–H and O–H groups in total. The summed E-state index contributed by atoms with van der Waals surface area (Å²) < 4.78 is 90.2. The molecule has 0 saturated carbocycles. The molecule has 18 heteroatoms. The number of carbonyl (C=O) groups is 1. The van der Waals surface area contributed by atoms with E-state index in [0.29, 0.717) is 14.3 Å². The van der Waals surface area contributed by atoms with Crippen LogP contribution in [-0.4, -0.2) is 58.8 Å². The molecule has 2 aromatic carbocycles. The van der Waals surface area contributed by atoms with Gasteiger partial charge in [0.2, 0.25) is 0 Å². The van der Waals surface area contributed by atoms with Crippen LogP contribution in [0, 0.1) is 0 Å². The lowest BCUT2D eigenvalue weighted by molar-refractivity contribution is -0.274. The molecule has 4 rings (SSSR count). The number of alkyl halides is 6. The number of aliphatic hydroxyl groups excluding tert-OH is 1. The Hall–Kier alpha value is -4.38. The first-order valence-corrected chi connectivity index (χ1v) is 12.6. The molecule has 0 aliphatic rings. The highest BCUT2D eigenvalue weighted by atomic mass is 35.5. The average molecular weight is 635 g/mol. The third kappa shape index (κ3) is 7.53. The van der Waals surface area contributed by atoms with E-state index in [4.69, 9.17) is 16.3 Å². The molecule has 11 nitrogen and oxygen atoms in total. The van der Waals surface area contributed by atoms with Gasteiger partial charge in [-0.1, -0.05) is 23.7 Å². The number of nitrogens with zero attached hydrogens (tertiary/aromatic N) is 6. The van der Waals surface area contributed by atoms with Crippen LogP contribution in [0.15, 0.2) is 53.3 Å². The van der Waals surface area contributed by atoms with Crippen molar-refractivity contribution in [1.29, 1.82) is 0 Å². The number of ether oxygens (including phenoxy) is 2. The van der Waals surface area contributed by atoms with Gasteiger partial charge in [-0.05, 0) is 43.3 Å². The van der Waals surface area contributed by atoms with Gasteiger partial charge in [0, 0.05) is 17.5 Å². The SMILES string of the molecule is CC(=O)OC(C)c1nc(Cn2nc(-c3ccc(Cl)cc3)n(C[C@H](O)C(F)(F)F)c2=O)nn1-c1ccccc1OC(F)(F)F. The molecule has 1 unspecified atom stereocenters. The first kappa shape index (κ1) is 31.6. The third-order valence-corrected chi connectivity index (χ3v) is 6.00. The second kappa shape index (κ2) is 12.1. The molecule has 2 aromatic heterocycles. The number of esters is 1. The van der Waals surface area contributed by atoms with Crippen LogP contribution in [0.25, 0.3) is 17.1 Å². The Balaban J connectivity index is 1.82. The van der Waals surface area contributed by atoms with E-state index in [1.54, 1.807) is 0 Å². The molecular formula is C25H21ClF6N6O5. The Morgan fingerprint density at radius 1 is 1.05 bits per heavy atom. The minimum atomic E-state index is -5.07. The molecule has 230 valence electrons. The summed E-state index contributed by atoms with van der Waals surface area (Å²) in [5.41, 5.74) is -1.14. The molecule has 0 fully saturated rings. The van der Waals surface area contributed by atoms with Gasteiger partial charge in [-0.2, -0.15) is 13.2 Å². The van der Waals surface area contributed by atoms with Crippen molar-refractivity contribution >= 4 is 17.6 Å². The second-order valence-electron chi connectivity index (χ2n) is 9.00. The lowest BCUT2D eigenvalue weighted by atomic mass is 10.2. The van der Waals surface area contributed by atoms with E-state index in [0.717, 1.165) is 17.7 Å². The highest BCUT2D eigenvalue weighted by Crippen LogP contribution is 2.31. The summed E-state index contributed by atoms with van der Waals surface area (Å²) in [5.74, 6) is -2.06. The van der Waals surface area contributed by atoms with Crippen molar-refractivity contribution in [3.05, 3.63) is 75.7 Å². The molecule has 0 amide bonds. The summed E-state index contributed by atoms with van der Waals surface area (Å²) in [6.45, 7) is 0.693. The maximum Gasteiger partial charge on any atom is 0.573 e. The smallest absolute Gasteiger partial charge is 0.455 e. The van der Waals surface area contributed by atoms with Crippen molar-refractivity contribution in [2.24, 2.45) is 0 Å². The molecule has 0 bridgehead atoms. The van der Waals surface area contributed by atoms with Gasteiger partial charge in [0.25, 0.3) is 0 Å². The Labute approximate surface area is 242 Å². The number of rotatable bonds is 9. The molecule has 0 saturated heterocycles. The van der Waals surface area contributed by atoms with Crippen LogP contribution in [0.4, 0.5) is 26.3 Å². The zero-order chi connectivity index (χ0) is 31.7. The summed E-state index contributed by atoms with van der Waals surface area (Å²) in [6, 6.07) is 10.5. The van der Waals surface area contributed by atoms with Gasteiger partial charge in [-0.3, -0.25) is 9.36 Å². The van der Waals surface area contributed by atoms with Crippen LogP contribution >= 0.6 is 11.6 Å². The number of benzene rings is 2. The molecule has 0 spiro atoms. The van der Waals surface area contributed by atoms with Gasteiger partial charge >= 0.3 is 24.2 Å². The van der Waals surface area contributed by atoms with Crippen molar-refractivity contribution in [3.63, 3.8) is 0 Å². The Morgan fingerprint density at radius 3 is 2.30 bits per heavy atom. The minimum absolute atomic E-state index is 0.165. The van der Waals surface area contributed by atoms with Crippen molar-refractivity contribution in [2.75, 3.05) is 0 Å². The highest BCUT2D eigenvalue weighted by Gasteiger charge is 2.39. The normalized spacial score (nSPS) is 13.5. The van der Waals surface area contributed by atoms with Crippen LogP contribution in [0.3, 0.4) is 0 Å². The summed E-state index contributed by atoms with van der Waals surface area (Å²) in [6.07, 6.45) is -14.2. The number of aromatic nitrogens is 6. The highest BCUT2D eigenvalue weighted by molar-refractivity contribution is 6.30. The molecule has 0 aliphatic heterocycles. The van der Waals surface area contributed by atoms with Crippen LogP contribution in [0.5, 0.6) is 5.75 Å². The Kier molecular flexibility index (Phi) is 8.87. The number of aliphatic hydroxyl groups is 1. The zero-order valence-corrected chi connectivity index (χ0v) is 22.9. The fourth-order valence-corrected chi connectivity index (χ4v) is 4.08. The standard InChI is InChI=1S/C25H21ClF6N6O5/c1-13(42-14(2)39)21-33-20(34-38(21)17-5-3-4-6-18(17)43-25(30,31)32)12-37-23(41)36(11-19(40)24(27,28)29)22(35-37)15-7-9-16(26)10-8-15/h3-10,13,19,40H,11-12H2,1-2H3/t13?,19-/m0/s1. The van der Waals surface area contributed by atoms with Crippen molar-refractivity contribution < 1.29 is 45.7 Å². The lowest BCUT2D eigenvalue weighted by Gasteiger charge is -2.16. The largest absolute Gasteiger partial charge is 0.573 e. The number of para-hydroxylation sites is 2. The Morgan fingerprint density at radius 2 is 1.70 bits per heavy atom. The van der Waals surface area contributed by atoms with Crippen molar-refractivity contribution in [1.82, 2.24) is 29.1 Å². The fourth-order valence-electron chi connectivity index (χ4n) is 3.95. The van der Waals surface area contributed by atoms with Gasteiger partial charge in [0.05, 0.1) is 6.54 Å². The van der Waals surface area contributed by atoms with E-state index in [1.165, 1.54) is 49.4 Å². The van der Waals surface area contributed by atoms with E-state index < -0.39 is 55.2 Å². The molecule has 2 heterocycles. The second-order valence-corrected chi connectivity index (χ2v) is 9.44.